The summed E-state index contributed by atoms with van der Waals surface area (Å²) in [6, 6.07) is 62.5. The van der Waals surface area contributed by atoms with E-state index in [0.717, 1.165) is 72.8 Å². The molecule has 6 nitrogen and oxygen atoms in total. The van der Waals surface area contributed by atoms with Crippen molar-refractivity contribution < 1.29 is 18.9 Å². The predicted octanol–water partition coefficient (Wildman–Crippen LogP) is 17.0. The molecule has 0 bridgehead atoms. The molecule has 0 spiro atoms. The van der Waals surface area contributed by atoms with Crippen molar-refractivity contribution in [2.45, 2.75) is 53.9 Å². The summed E-state index contributed by atoms with van der Waals surface area (Å²) in [5, 5.41) is 0. The minimum Gasteiger partial charge on any atom is -0.456 e. The van der Waals surface area contributed by atoms with Gasteiger partial charge in [0.15, 0.2) is 0 Å². The number of hydrogen-bond acceptors (Lipinski definition) is 6. The summed E-state index contributed by atoms with van der Waals surface area (Å²) in [5.74, 6) is 5.21. The van der Waals surface area contributed by atoms with Crippen molar-refractivity contribution in [3.05, 3.63) is 219 Å². The van der Waals surface area contributed by atoms with Gasteiger partial charge < -0.3 is 28.7 Å². The molecule has 9 aromatic rings. The summed E-state index contributed by atoms with van der Waals surface area (Å²) in [5.41, 5.74) is 14.4. The zero-order valence-electron chi connectivity index (χ0n) is 40.7. The second-order valence-electron chi connectivity index (χ2n) is 19.5. The molecule has 0 aromatic heterocycles. The largest absolute Gasteiger partial charge is 0.456 e. The molecule has 11 rings (SSSR count). The smallest absolute Gasteiger partial charge is 0.262 e. The number of para-hydroxylation sites is 4. The monoisotopic (exact) mass is 1060 g/mol. The number of nitrogens with zero attached hydrogens (tertiary/aromatic N) is 2. The lowest BCUT2D eigenvalue weighted by Crippen LogP contribution is -2.62. The predicted molar refractivity (Wildman–Crippen MR) is 300 cm³/mol. The van der Waals surface area contributed by atoms with Crippen molar-refractivity contribution in [1.29, 1.82) is 0 Å². The topological polar surface area (TPSA) is 43.4 Å². The van der Waals surface area contributed by atoms with Gasteiger partial charge in [-0.25, -0.2) is 0 Å². The molecule has 0 amide bonds. The van der Waals surface area contributed by atoms with Crippen LogP contribution in [0.4, 0.5) is 34.1 Å². The van der Waals surface area contributed by atoms with Crippen LogP contribution in [0.15, 0.2) is 191 Å². The van der Waals surface area contributed by atoms with Crippen LogP contribution in [-0.4, -0.2) is 6.71 Å². The fourth-order valence-corrected chi connectivity index (χ4v) is 11.1. The Balaban J connectivity index is 1.34. The number of aryl methyl sites for hydroxylation is 4. The zero-order chi connectivity index (χ0) is 49.1. The maximum atomic E-state index is 7.31. The Morgan fingerprint density at radius 1 is 0.380 bits per heavy atom. The summed E-state index contributed by atoms with van der Waals surface area (Å²) >= 11 is 8.29. The van der Waals surface area contributed by atoms with E-state index in [9.17, 15) is 0 Å². The van der Waals surface area contributed by atoms with Crippen LogP contribution in [-0.2, 0) is 5.41 Å². The summed E-state index contributed by atoms with van der Waals surface area (Å²) in [4.78, 5) is 4.85. The molecule has 0 unspecified atom stereocenters. The second kappa shape index (κ2) is 18.5. The molecule has 0 aliphatic carbocycles. The number of anilines is 6. The van der Waals surface area contributed by atoms with E-state index in [1.165, 1.54) is 5.56 Å². The zero-order valence-corrected chi connectivity index (χ0v) is 43.9. The van der Waals surface area contributed by atoms with Crippen molar-refractivity contribution in [3.8, 4) is 46.0 Å². The fraction of sp³-hybridized carbons (Fsp3) is 0.129. The SMILES string of the molecule is Cc1cc(C)cc(N2c3cc(C(C)(C)C)cc4c3B(c3c2cc(Oc2ccccc2)c(Br)c3Oc2ccccc2)c2c(cc(Oc3ccccc3)c(Br)c2Oc2ccccc2)N4c2cc(C)cc(C)c2)c1. The van der Waals surface area contributed by atoms with Crippen molar-refractivity contribution in [3.63, 3.8) is 0 Å². The van der Waals surface area contributed by atoms with Crippen LogP contribution in [0.1, 0.15) is 48.6 Å². The quantitative estimate of drug-likeness (QED) is 0.127. The number of rotatable bonds is 10. The van der Waals surface area contributed by atoms with E-state index < -0.39 is 6.71 Å². The Hall–Kier alpha value is -7.20. The number of fused-ring (bicyclic) bond motifs is 4. The lowest BCUT2D eigenvalue weighted by atomic mass is 9.33. The normalized spacial score (nSPS) is 12.5. The van der Waals surface area contributed by atoms with Gasteiger partial charge >= 0.3 is 0 Å². The van der Waals surface area contributed by atoms with E-state index in [4.69, 9.17) is 18.9 Å². The van der Waals surface area contributed by atoms with Crippen LogP contribution in [0.2, 0.25) is 0 Å². The summed E-state index contributed by atoms with van der Waals surface area (Å²) in [7, 11) is 0. The Morgan fingerprint density at radius 3 is 1.01 bits per heavy atom. The van der Waals surface area contributed by atoms with Gasteiger partial charge in [0.25, 0.3) is 6.71 Å². The molecule has 0 saturated carbocycles. The first-order valence-corrected chi connectivity index (χ1v) is 25.5. The standard InChI is InChI=1S/C62H51BBr2N2O4/c1-38-28-39(2)31-43(30-38)66-49-34-42(62(5,6)7)35-50-55(49)63(56-51(66)36-53(68-45-20-12-8-13-21-45)58(64)60(56)70-47-24-16-10-17-25-47)57-52(67(50)44-32-40(3)29-41(4)33-44)37-54(69-46-22-14-9-15-23-46)59(65)61(57)71-48-26-18-11-19-27-48/h8-37H,1-7H3. The van der Waals surface area contributed by atoms with Gasteiger partial charge in [-0.05, 0) is 194 Å². The average Bonchev–Trinajstić information content (AvgIpc) is 3.34. The molecule has 2 aliphatic heterocycles. The van der Waals surface area contributed by atoms with Crippen LogP contribution < -0.4 is 45.1 Å². The molecule has 0 radical (unpaired) electrons. The minimum absolute atomic E-state index is 0.254. The van der Waals surface area contributed by atoms with Crippen molar-refractivity contribution in [1.82, 2.24) is 0 Å². The molecule has 0 saturated heterocycles. The third-order valence-electron chi connectivity index (χ3n) is 13.0. The van der Waals surface area contributed by atoms with Crippen molar-refractivity contribution in [2.24, 2.45) is 0 Å². The summed E-state index contributed by atoms with van der Waals surface area (Å²) < 4.78 is 29.8. The van der Waals surface area contributed by atoms with Gasteiger partial charge in [0.1, 0.15) is 54.9 Å². The van der Waals surface area contributed by atoms with E-state index in [2.05, 4.69) is 151 Å². The summed E-state index contributed by atoms with van der Waals surface area (Å²) in [6.45, 7) is 15.0. The van der Waals surface area contributed by atoms with Crippen molar-refractivity contribution in [2.75, 3.05) is 9.80 Å². The molecule has 9 aromatic carbocycles. The molecular formula is C62H51BBr2N2O4. The third kappa shape index (κ3) is 8.76. The molecule has 0 N–H and O–H groups in total. The van der Waals surface area contributed by atoms with Crippen LogP contribution >= 0.6 is 31.9 Å². The van der Waals surface area contributed by atoms with E-state index >= 15 is 0 Å². The maximum absolute atomic E-state index is 7.31. The Kier molecular flexibility index (Phi) is 12.1. The molecule has 9 heteroatoms. The van der Waals surface area contributed by atoms with Gasteiger partial charge in [-0.15, -0.1) is 0 Å². The third-order valence-corrected chi connectivity index (χ3v) is 14.5. The highest BCUT2D eigenvalue weighted by atomic mass is 79.9. The number of ether oxygens (including phenoxy) is 4. The molecular weight excluding hydrogens is 1010 g/mol. The van der Waals surface area contributed by atoms with Crippen LogP contribution in [0.5, 0.6) is 46.0 Å². The molecule has 2 aliphatic rings. The molecule has 71 heavy (non-hydrogen) atoms. The second-order valence-corrected chi connectivity index (χ2v) is 21.1. The molecule has 350 valence electrons. The first-order valence-electron chi connectivity index (χ1n) is 23.9. The molecule has 2 heterocycles. The Morgan fingerprint density at radius 2 is 0.690 bits per heavy atom. The van der Waals surface area contributed by atoms with Gasteiger partial charge in [0, 0.05) is 46.3 Å². The minimum atomic E-state index is -0.482. The van der Waals surface area contributed by atoms with Gasteiger partial charge in [-0.1, -0.05) is 106 Å². The lowest BCUT2D eigenvalue weighted by molar-refractivity contribution is 0.457. The maximum Gasteiger partial charge on any atom is 0.262 e. The number of hydrogen-bond donors (Lipinski definition) is 0. The van der Waals surface area contributed by atoms with E-state index in [1.807, 2.05) is 121 Å². The first kappa shape index (κ1) is 46.2. The van der Waals surface area contributed by atoms with E-state index in [1.54, 1.807) is 0 Å². The number of benzene rings is 9. The summed E-state index contributed by atoms with van der Waals surface area (Å²) in [6.07, 6.45) is 0. The Bertz CT molecular complexity index is 3230. The van der Waals surface area contributed by atoms with Crippen LogP contribution in [0.25, 0.3) is 0 Å². The van der Waals surface area contributed by atoms with Crippen LogP contribution in [0.3, 0.4) is 0 Å². The van der Waals surface area contributed by atoms with Gasteiger partial charge in [-0.2, -0.15) is 0 Å². The van der Waals surface area contributed by atoms with E-state index in [-0.39, 0.29) is 5.41 Å². The first-order chi connectivity index (χ1) is 34.3. The fourth-order valence-electron chi connectivity index (χ4n) is 10.1. The van der Waals surface area contributed by atoms with Gasteiger partial charge in [0.2, 0.25) is 0 Å². The van der Waals surface area contributed by atoms with Crippen molar-refractivity contribution >= 4 is 89.1 Å². The van der Waals surface area contributed by atoms with Gasteiger partial charge in [-0.3, -0.25) is 0 Å². The molecule has 0 atom stereocenters. The lowest BCUT2D eigenvalue weighted by Gasteiger charge is -2.46. The Labute approximate surface area is 433 Å². The highest BCUT2D eigenvalue weighted by molar-refractivity contribution is 9.11. The van der Waals surface area contributed by atoms with Gasteiger partial charge in [0.05, 0.1) is 0 Å². The average molecular weight is 1060 g/mol. The van der Waals surface area contributed by atoms with Crippen LogP contribution in [0, 0.1) is 27.7 Å². The highest BCUT2D eigenvalue weighted by Crippen LogP contribution is 2.54. The van der Waals surface area contributed by atoms with E-state index in [0.29, 0.717) is 54.9 Å². The molecule has 0 fully saturated rings. The number of halogens is 2. The highest BCUT2D eigenvalue weighted by Gasteiger charge is 2.49.